The molecule has 1 aliphatic carbocycles. The molecule has 11 heavy (non-hydrogen) atoms. The number of unbranched alkanes of at least 4 members (excludes halogenated alkanes) is 3. The summed E-state index contributed by atoms with van der Waals surface area (Å²) in [5.41, 5.74) is 1.11. The molecule has 0 unspecified atom stereocenters. The van der Waals surface area contributed by atoms with Crippen molar-refractivity contribution in [2.75, 3.05) is 6.16 Å². The second kappa shape index (κ2) is 6.00. The molecule has 0 saturated heterocycles. The van der Waals surface area contributed by atoms with Gasteiger partial charge in [-0.2, -0.15) is 0 Å². The van der Waals surface area contributed by atoms with Crippen molar-refractivity contribution in [3.63, 3.8) is 0 Å². The van der Waals surface area contributed by atoms with Crippen LogP contribution >= 0.6 is 8.58 Å². The van der Waals surface area contributed by atoms with Crippen molar-refractivity contribution in [1.82, 2.24) is 0 Å². The van der Waals surface area contributed by atoms with E-state index in [0.717, 1.165) is 5.66 Å². The van der Waals surface area contributed by atoms with E-state index >= 15 is 0 Å². The van der Waals surface area contributed by atoms with Crippen molar-refractivity contribution in [1.29, 1.82) is 0 Å². The third kappa shape index (κ3) is 4.11. The molecule has 1 radical (unpaired) electrons. The Balaban J connectivity index is 1.73. The highest BCUT2D eigenvalue weighted by atomic mass is 31.1. The maximum Gasteiger partial charge on any atom is -0.0170 e. The molecule has 0 N–H and O–H groups in total. The Bertz CT molecular complexity index is 86.9. The van der Waals surface area contributed by atoms with Gasteiger partial charge >= 0.3 is 0 Å². The standard InChI is InChI=1S/C10H20P/c1-2-3-4-5-9-11-10-7-6-8-10/h10H,2-9H2,1H3. The molecule has 1 heteroatoms. The second-order valence-electron chi connectivity index (χ2n) is 3.55. The summed E-state index contributed by atoms with van der Waals surface area (Å²) in [6.45, 7) is 2.28. The number of hydrogen-bond acceptors (Lipinski definition) is 0. The van der Waals surface area contributed by atoms with Crippen LogP contribution < -0.4 is 0 Å². The summed E-state index contributed by atoms with van der Waals surface area (Å²) in [6, 6.07) is 0. The maximum atomic E-state index is 2.28. The number of rotatable bonds is 6. The second-order valence-corrected chi connectivity index (χ2v) is 5.09. The van der Waals surface area contributed by atoms with Gasteiger partial charge in [-0.15, -0.1) is 0 Å². The summed E-state index contributed by atoms with van der Waals surface area (Å²) in [7, 11) is 1.76. The van der Waals surface area contributed by atoms with Gasteiger partial charge in [0.1, 0.15) is 0 Å². The summed E-state index contributed by atoms with van der Waals surface area (Å²) in [4.78, 5) is 0. The zero-order valence-corrected chi connectivity index (χ0v) is 8.58. The minimum absolute atomic E-state index is 1.11. The molecule has 65 valence electrons. The predicted molar refractivity (Wildman–Crippen MR) is 53.6 cm³/mol. The quantitative estimate of drug-likeness (QED) is 0.417. The van der Waals surface area contributed by atoms with E-state index in [1.54, 1.807) is 8.58 Å². The lowest BCUT2D eigenvalue weighted by Crippen LogP contribution is -2.11. The molecule has 0 bridgehead atoms. The van der Waals surface area contributed by atoms with Crippen LogP contribution in [0.25, 0.3) is 0 Å². The molecule has 0 aromatic heterocycles. The fraction of sp³-hybridized carbons (Fsp3) is 1.00. The first-order valence-corrected chi connectivity index (χ1v) is 6.25. The van der Waals surface area contributed by atoms with Crippen LogP contribution in [0.3, 0.4) is 0 Å². The highest BCUT2D eigenvalue weighted by Gasteiger charge is 2.16. The van der Waals surface area contributed by atoms with Gasteiger partial charge in [0, 0.05) is 0 Å². The maximum absolute atomic E-state index is 2.28. The average molecular weight is 171 g/mol. The lowest BCUT2D eigenvalue weighted by atomic mass is 10.00. The molecule has 0 amide bonds. The fourth-order valence-corrected chi connectivity index (χ4v) is 2.88. The zero-order chi connectivity index (χ0) is 7.94. The highest BCUT2D eigenvalue weighted by molar-refractivity contribution is 7.38. The molecule has 1 rings (SSSR count). The van der Waals surface area contributed by atoms with E-state index in [1.165, 1.54) is 51.1 Å². The molecule has 0 aromatic carbocycles. The first-order valence-electron chi connectivity index (χ1n) is 5.10. The molecule has 0 aromatic rings. The molecule has 1 fully saturated rings. The highest BCUT2D eigenvalue weighted by Crippen LogP contribution is 2.36. The number of hydrogen-bond donors (Lipinski definition) is 0. The molecule has 0 nitrogen and oxygen atoms in total. The molecular formula is C10H20P. The van der Waals surface area contributed by atoms with Crippen LogP contribution in [-0.4, -0.2) is 11.8 Å². The van der Waals surface area contributed by atoms with Crippen LogP contribution in [0.4, 0.5) is 0 Å². The van der Waals surface area contributed by atoms with Crippen LogP contribution in [-0.2, 0) is 0 Å². The lowest BCUT2D eigenvalue weighted by Gasteiger charge is -2.24. The van der Waals surface area contributed by atoms with Gasteiger partial charge in [0.25, 0.3) is 0 Å². The van der Waals surface area contributed by atoms with Gasteiger partial charge in [0.2, 0.25) is 0 Å². The van der Waals surface area contributed by atoms with Gasteiger partial charge in [-0.25, -0.2) is 0 Å². The lowest BCUT2D eigenvalue weighted by molar-refractivity contribution is 0.517. The van der Waals surface area contributed by atoms with Gasteiger partial charge in [-0.1, -0.05) is 41.2 Å². The summed E-state index contributed by atoms with van der Waals surface area (Å²) in [5, 5.41) is 0. The molecule has 0 atom stereocenters. The molecule has 1 saturated carbocycles. The van der Waals surface area contributed by atoms with E-state index in [9.17, 15) is 0 Å². The first-order chi connectivity index (χ1) is 5.43. The van der Waals surface area contributed by atoms with E-state index in [1.807, 2.05) is 0 Å². The van der Waals surface area contributed by atoms with Crippen molar-refractivity contribution in [2.24, 2.45) is 0 Å². The minimum Gasteiger partial charge on any atom is -0.0775 e. The fourth-order valence-electron chi connectivity index (χ4n) is 1.38. The van der Waals surface area contributed by atoms with Crippen molar-refractivity contribution in [2.45, 2.75) is 57.5 Å². The predicted octanol–water partition coefficient (Wildman–Crippen LogP) is 4.07. The van der Waals surface area contributed by atoms with Gasteiger partial charge in [-0.05, 0) is 31.1 Å². The molecule has 0 spiro atoms. The monoisotopic (exact) mass is 171 g/mol. The van der Waals surface area contributed by atoms with Crippen LogP contribution in [0.1, 0.15) is 51.9 Å². The van der Waals surface area contributed by atoms with Gasteiger partial charge in [-0.3, -0.25) is 0 Å². The van der Waals surface area contributed by atoms with Crippen LogP contribution in [0, 0.1) is 0 Å². The summed E-state index contributed by atoms with van der Waals surface area (Å²) >= 11 is 0. The Kier molecular flexibility index (Phi) is 5.19. The first kappa shape index (κ1) is 9.52. The van der Waals surface area contributed by atoms with Crippen LogP contribution in [0.2, 0.25) is 0 Å². The third-order valence-corrected chi connectivity index (χ3v) is 4.08. The minimum atomic E-state index is 1.11. The Labute approximate surface area is 72.9 Å². The third-order valence-electron chi connectivity index (χ3n) is 2.47. The topological polar surface area (TPSA) is 0 Å². The Morgan fingerprint density at radius 1 is 1.18 bits per heavy atom. The summed E-state index contributed by atoms with van der Waals surface area (Å²) in [6.07, 6.45) is 11.8. The van der Waals surface area contributed by atoms with E-state index in [-0.39, 0.29) is 0 Å². The van der Waals surface area contributed by atoms with E-state index in [4.69, 9.17) is 0 Å². The molecule has 0 aliphatic heterocycles. The van der Waals surface area contributed by atoms with Crippen molar-refractivity contribution in [3.8, 4) is 0 Å². The van der Waals surface area contributed by atoms with Gasteiger partial charge in [0.05, 0.1) is 0 Å². The summed E-state index contributed by atoms with van der Waals surface area (Å²) in [5.74, 6) is 0. The Hall–Kier alpha value is 0.430. The zero-order valence-electron chi connectivity index (χ0n) is 7.68. The molecule has 0 heterocycles. The average Bonchev–Trinajstić information content (AvgIpc) is 1.93. The Morgan fingerprint density at radius 3 is 2.55 bits per heavy atom. The normalized spacial score (nSPS) is 19.4. The van der Waals surface area contributed by atoms with Crippen LogP contribution in [0.15, 0.2) is 0 Å². The smallest absolute Gasteiger partial charge is 0.0170 e. The van der Waals surface area contributed by atoms with Gasteiger partial charge < -0.3 is 0 Å². The van der Waals surface area contributed by atoms with Crippen LogP contribution in [0.5, 0.6) is 0 Å². The van der Waals surface area contributed by atoms with E-state index in [0.29, 0.717) is 0 Å². The van der Waals surface area contributed by atoms with Gasteiger partial charge in [0.15, 0.2) is 0 Å². The Morgan fingerprint density at radius 2 is 2.00 bits per heavy atom. The summed E-state index contributed by atoms with van der Waals surface area (Å²) < 4.78 is 0. The van der Waals surface area contributed by atoms with Crippen molar-refractivity contribution < 1.29 is 0 Å². The van der Waals surface area contributed by atoms with E-state index in [2.05, 4.69) is 6.92 Å². The van der Waals surface area contributed by atoms with Crippen molar-refractivity contribution >= 4 is 8.58 Å². The molecule has 1 aliphatic rings. The SMILES string of the molecule is CCCCCC[P]C1CCC1. The largest absolute Gasteiger partial charge is 0.0775 e. The molecular weight excluding hydrogens is 151 g/mol. The van der Waals surface area contributed by atoms with E-state index < -0.39 is 0 Å². The van der Waals surface area contributed by atoms with Crippen molar-refractivity contribution in [3.05, 3.63) is 0 Å².